The number of rotatable bonds is 13. The van der Waals surface area contributed by atoms with Gasteiger partial charge in [0.05, 0.1) is 6.04 Å². The minimum absolute atomic E-state index is 0.0362. The van der Waals surface area contributed by atoms with Crippen molar-refractivity contribution in [2.45, 2.75) is 121 Å². The molecule has 0 aromatic heterocycles. The molecule has 1 spiro atoms. The summed E-state index contributed by atoms with van der Waals surface area (Å²) < 4.78 is 12.7. The molecule has 1 saturated heterocycles. The SMILES string of the molecule is CCCCN(C(=O)CCCCCc1ccccc1)[C@@H]1CC[C@H]2[C@H]3Cc4c(O)cc(OC(C)=O)c5c4[C@@]2(CCN3CC2CC2)[C@H]1O5. The first-order valence-corrected chi connectivity index (χ1v) is 17.7. The maximum atomic E-state index is 14.1. The van der Waals surface area contributed by atoms with Crippen LogP contribution in [0.25, 0.3) is 0 Å². The quantitative estimate of drug-likeness (QED) is 0.156. The van der Waals surface area contributed by atoms with E-state index in [1.165, 1.54) is 25.3 Å². The van der Waals surface area contributed by atoms with Gasteiger partial charge in [-0.3, -0.25) is 14.5 Å². The Bertz CT molecular complexity index is 1410. The van der Waals surface area contributed by atoms with Crippen LogP contribution in [0.2, 0.25) is 0 Å². The largest absolute Gasteiger partial charge is 0.508 e. The van der Waals surface area contributed by atoms with Crippen LogP contribution in [-0.2, 0) is 27.8 Å². The van der Waals surface area contributed by atoms with E-state index in [0.29, 0.717) is 29.9 Å². The van der Waals surface area contributed by atoms with Crippen molar-refractivity contribution in [3.8, 4) is 17.2 Å². The van der Waals surface area contributed by atoms with E-state index in [9.17, 15) is 14.7 Å². The number of hydrogen-bond donors (Lipinski definition) is 1. The lowest BCUT2D eigenvalue weighted by Crippen LogP contribution is -2.69. The van der Waals surface area contributed by atoms with Gasteiger partial charge in [0, 0.05) is 55.1 Å². The number of aryl methyl sites for hydroxylation is 1. The number of unbranched alkanes of at least 4 members (excludes halogenated alkanes) is 3. The minimum atomic E-state index is -0.422. The van der Waals surface area contributed by atoms with Crippen molar-refractivity contribution in [3.05, 3.63) is 53.1 Å². The topological polar surface area (TPSA) is 79.3 Å². The van der Waals surface area contributed by atoms with Crippen molar-refractivity contribution in [1.82, 2.24) is 9.80 Å². The maximum absolute atomic E-state index is 14.1. The molecular formula is C38H50N2O5. The number of carbonyl (C=O) groups excluding carboxylic acids is 2. The van der Waals surface area contributed by atoms with E-state index in [-0.39, 0.29) is 29.2 Å². The van der Waals surface area contributed by atoms with Crippen LogP contribution in [0.5, 0.6) is 17.2 Å². The first-order chi connectivity index (χ1) is 21.9. The third kappa shape index (κ3) is 5.64. The zero-order valence-electron chi connectivity index (χ0n) is 27.1. The second-order valence-electron chi connectivity index (χ2n) is 14.4. The van der Waals surface area contributed by atoms with Crippen LogP contribution in [0.1, 0.15) is 101 Å². The number of ether oxygens (including phenoxy) is 2. The summed E-state index contributed by atoms with van der Waals surface area (Å²) in [6, 6.07) is 12.5. The lowest BCUT2D eigenvalue weighted by molar-refractivity contribution is -0.143. The summed E-state index contributed by atoms with van der Waals surface area (Å²) in [5.41, 5.74) is 3.11. The zero-order chi connectivity index (χ0) is 31.1. The monoisotopic (exact) mass is 614 g/mol. The molecule has 45 heavy (non-hydrogen) atoms. The second-order valence-corrected chi connectivity index (χ2v) is 14.4. The number of phenols is 1. The number of amides is 1. The van der Waals surface area contributed by atoms with Crippen LogP contribution >= 0.6 is 0 Å². The highest BCUT2D eigenvalue weighted by Gasteiger charge is 2.67. The summed E-state index contributed by atoms with van der Waals surface area (Å²) in [5, 5.41) is 11.4. The normalized spacial score (nSPS) is 27.9. The molecule has 2 saturated carbocycles. The second kappa shape index (κ2) is 12.6. The predicted molar refractivity (Wildman–Crippen MR) is 174 cm³/mol. The smallest absolute Gasteiger partial charge is 0.308 e. The van der Waals surface area contributed by atoms with Gasteiger partial charge in [0.1, 0.15) is 11.9 Å². The Kier molecular flexibility index (Phi) is 8.58. The lowest BCUT2D eigenvalue weighted by Gasteiger charge is -2.60. The fourth-order valence-corrected chi connectivity index (χ4v) is 9.43. The Morgan fingerprint density at radius 1 is 1.09 bits per heavy atom. The molecule has 2 aliphatic heterocycles. The Morgan fingerprint density at radius 3 is 2.67 bits per heavy atom. The van der Waals surface area contributed by atoms with E-state index in [4.69, 9.17) is 9.47 Å². The van der Waals surface area contributed by atoms with Crippen LogP contribution in [0.4, 0.5) is 0 Å². The van der Waals surface area contributed by atoms with Gasteiger partial charge in [0.15, 0.2) is 11.5 Å². The van der Waals surface area contributed by atoms with Crippen molar-refractivity contribution in [2.24, 2.45) is 11.8 Å². The molecule has 7 nitrogen and oxygen atoms in total. The molecule has 2 heterocycles. The van der Waals surface area contributed by atoms with Gasteiger partial charge < -0.3 is 19.5 Å². The van der Waals surface area contributed by atoms with E-state index in [2.05, 4.69) is 47.1 Å². The number of phenolic OH excluding ortho intramolecular Hbond substituents is 1. The number of piperidine rings is 1. The fourth-order valence-electron chi connectivity index (χ4n) is 9.43. The number of carbonyl (C=O) groups is 2. The number of benzene rings is 2. The van der Waals surface area contributed by atoms with Gasteiger partial charge in [-0.1, -0.05) is 50.1 Å². The summed E-state index contributed by atoms with van der Waals surface area (Å²) in [7, 11) is 0. The number of aromatic hydroxyl groups is 1. The number of nitrogens with zero attached hydrogens (tertiary/aromatic N) is 2. The first kappa shape index (κ1) is 30.6. The van der Waals surface area contributed by atoms with Crippen LogP contribution < -0.4 is 9.47 Å². The van der Waals surface area contributed by atoms with Gasteiger partial charge in [-0.05, 0) is 88.2 Å². The molecule has 2 aromatic rings. The molecule has 0 radical (unpaired) electrons. The Hall–Kier alpha value is -3.06. The van der Waals surface area contributed by atoms with E-state index in [0.717, 1.165) is 101 Å². The van der Waals surface area contributed by atoms with Gasteiger partial charge in [0.2, 0.25) is 5.91 Å². The summed E-state index contributed by atoms with van der Waals surface area (Å²) >= 11 is 0. The molecule has 3 aliphatic carbocycles. The molecule has 7 rings (SSSR count). The maximum Gasteiger partial charge on any atom is 0.308 e. The third-order valence-corrected chi connectivity index (χ3v) is 11.6. The average Bonchev–Trinajstić information content (AvgIpc) is 3.78. The molecule has 5 atom stereocenters. The van der Waals surface area contributed by atoms with E-state index in [1.54, 1.807) is 6.07 Å². The van der Waals surface area contributed by atoms with Crippen molar-refractivity contribution in [2.75, 3.05) is 19.6 Å². The molecule has 242 valence electrons. The van der Waals surface area contributed by atoms with Gasteiger partial charge in [-0.15, -0.1) is 0 Å². The molecule has 2 aromatic carbocycles. The summed E-state index contributed by atoms with van der Waals surface area (Å²) in [4.78, 5) is 31.1. The van der Waals surface area contributed by atoms with Gasteiger partial charge in [-0.2, -0.15) is 0 Å². The highest BCUT2D eigenvalue weighted by Crippen LogP contribution is 2.66. The van der Waals surface area contributed by atoms with Crippen LogP contribution in [0, 0.1) is 11.8 Å². The Balaban J connectivity index is 1.16. The van der Waals surface area contributed by atoms with Gasteiger partial charge in [-0.25, -0.2) is 0 Å². The van der Waals surface area contributed by atoms with Crippen molar-refractivity contribution >= 4 is 11.9 Å². The number of likely N-dealkylation sites (tertiary alicyclic amines) is 1. The average molecular weight is 615 g/mol. The zero-order valence-corrected chi connectivity index (χ0v) is 27.1. The lowest BCUT2D eigenvalue weighted by atomic mass is 9.50. The first-order valence-electron chi connectivity index (χ1n) is 17.7. The van der Waals surface area contributed by atoms with Crippen LogP contribution in [0.3, 0.4) is 0 Å². The Labute approximate surface area is 268 Å². The van der Waals surface area contributed by atoms with Gasteiger partial charge >= 0.3 is 5.97 Å². The molecule has 5 aliphatic rings. The summed E-state index contributed by atoms with van der Waals surface area (Å²) in [5.74, 6) is 2.19. The predicted octanol–water partition coefficient (Wildman–Crippen LogP) is 6.57. The minimum Gasteiger partial charge on any atom is -0.508 e. The van der Waals surface area contributed by atoms with E-state index in [1.807, 2.05) is 0 Å². The molecule has 2 bridgehead atoms. The van der Waals surface area contributed by atoms with Crippen molar-refractivity contribution in [3.63, 3.8) is 0 Å². The molecule has 7 heteroatoms. The number of hydrogen-bond acceptors (Lipinski definition) is 6. The van der Waals surface area contributed by atoms with E-state index < -0.39 is 5.97 Å². The summed E-state index contributed by atoms with van der Waals surface area (Å²) in [6.07, 6.45) is 12.8. The van der Waals surface area contributed by atoms with Crippen molar-refractivity contribution in [1.29, 1.82) is 0 Å². The van der Waals surface area contributed by atoms with E-state index >= 15 is 0 Å². The molecule has 3 fully saturated rings. The molecule has 1 amide bonds. The highest BCUT2D eigenvalue weighted by molar-refractivity contribution is 5.77. The molecule has 1 N–H and O–H groups in total. The van der Waals surface area contributed by atoms with Crippen molar-refractivity contribution < 1.29 is 24.2 Å². The Morgan fingerprint density at radius 2 is 1.91 bits per heavy atom. The fraction of sp³-hybridized carbons (Fsp3) is 0.632. The standard InChI is InChI=1S/C38H50N2O5/c1-3-4-20-40(34(43)14-10-6-9-13-26-11-7-5-8-12-26)30-18-17-29-31-22-28-32(42)23-33(44-25(2)41)36-35(28)38(29,37(30)45-36)19-21-39(31)24-27-15-16-27/h5,7-8,11-12,23,27,29-31,37,42H,3-4,6,9-10,13-22,24H2,1-2H3/t29-,30+,31+,37-,38-/m0/s1. The highest BCUT2D eigenvalue weighted by atomic mass is 16.6. The third-order valence-electron chi connectivity index (χ3n) is 11.6. The number of esters is 1. The van der Waals surface area contributed by atoms with Crippen LogP contribution in [-0.4, -0.2) is 64.6 Å². The van der Waals surface area contributed by atoms with Crippen LogP contribution in [0.15, 0.2) is 36.4 Å². The molecule has 0 unspecified atom stereocenters. The van der Waals surface area contributed by atoms with Gasteiger partial charge in [0.25, 0.3) is 0 Å². The summed E-state index contributed by atoms with van der Waals surface area (Å²) in [6.45, 7) is 6.48. The molecular weight excluding hydrogens is 564 g/mol.